The van der Waals surface area contributed by atoms with Crippen LogP contribution in [0.4, 0.5) is 10.1 Å². The zero-order chi connectivity index (χ0) is 21.5. The molecule has 2 aromatic carbocycles. The second-order valence-corrected chi connectivity index (χ2v) is 7.95. The fourth-order valence-corrected chi connectivity index (χ4v) is 4.08. The number of thioether (sulfide) groups is 1. The maximum atomic E-state index is 13.2. The Bertz CT molecular complexity index is 978. The van der Waals surface area contributed by atoms with Crippen LogP contribution in [-0.4, -0.2) is 32.4 Å². The molecule has 9 heteroatoms. The van der Waals surface area contributed by atoms with Crippen molar-refractivity contribution in [2.24, 2.45) is 10.2 Å². The molecule has 156 valence electrons. The smallest absolute Gasteiger partial charge is 0.270 e. The molecule has 0 aliphatic carbocycles. The number of carbonyl (C=O) groups is 1. The highest BCUT2D eigenvalue weighted by Crippen LogP contribution is 2.32. The lowest BCUT2D eigenvalue weighted by Crippen LogP contribution is -2.31. The summed E-state index contributed by atoms with van der Waals surface area (Å²) in [6, 6.07) is 12.0. The predicted molar refractivity (Wildman–Crippen MR) is 116 cm³/mol. The zero-order valence-electron chi connectivity index (χ0n) is 16.4. The number of carbonyl (C=O) groups excluding carboxylic acids is 1. The van der Waals surface area contributed by atoms with Gasteiger partial charge < -0.3 is 0 Å². The minimum atomic E-state index is -0.475. The molecule has 0 saturated carbocycles. The van der Waals surface area contributed by atoms with E-state index in [4.69, 9.17) is 0 Å². The first-order valence-corrected chi connectivity index (χ1v) is 10.4. The summed E-state index contributed by atoms with van der Waals surface area (Å²) >= 11 is 1.36. The van der Waals surface area contributed by atoms with Crippen LogP contribution in [0.1, 0.15) is 37.3 Å². The third-order valence-electron chi connectivity index (χ3n) is 4.52. The van der Waals surface area contributed by atoms with Crippen molar-refractivity contribution < 1.29 is 14.1 Å². The lowest BCUT2D eigenvalue weighted by Gasteiger charge is -2.15. The van der Waals surface area contributed by atoms with Crippen molar-refractivity contribution in [1.29, 1.82) is 0 Å². The Morgan fingerprint density at radius 2 is 2.03 bits per heavy atom. The van der Waals surface area contributed by atoms with E-state index < -0.39 is 4.92 Å². The van der Waals surface area contributed by atoms with Crippen molar-refractivity contribution in [3.8, 4) is 0 Å². The molecule has 1 amide bonds. The van der Waals surface area contributed by atoms with Crippen LogP contribution < -0.4 is 0 Å². The summed E-state index contributed by atoms with van der Waals surface area (Å²) in [5, 5.41) is 19.4. The standard InChI is InChI=1S/C21H21FN4O3S/c1-2-3-7-19-20(27)25(14-15-8-10-17(22)11-9-15)21(30-19)24-23-13-16-5-4-6-18(12-16)26(28)29/h4-6,8-13,19H,2-3,7,14H2,1H3/b23-13-,24-21-/t19-/m1/s1. The third kappa shape index (κ3) is 5.50. The maximum absolute atomic E-state index is 13.2. The molecular weight excluding hydrogens is 407 g/mol. The number of non-ortho nitro benzene ring substituents is 1. The number of benzene rings is 2. The van der Waals surface area contributed by atoms with Gasteiger partial charge in [-0.1, -0.05) is 55.8 Å². The highest BCUT2D eigenvalue weighted by molar-refractivity contribution is 8.15. The highest BCUT2D eigenvalue weighted by Gasteiger charge is 2.37. The molecule has 1 atom stereocenters. The largest absolute Gasteiger partial charge is 0.284 e. The first-order valence-electron chi connectivity index (χ1n) is 9.56. The fraction of sp³-hybridized carbons (Fsp3) is 0.286. The molecule has 1 aliphatic rings. The van der Waals surface area contributed by atoms with Gasteiger partial charge in [0.2, 0.25) is 5.91 Å². The predicted octanol–water partition coefficient (Wildman–Crippen LogP) is 4.76. The number of hydrogen-bond acceptors (Lipinski definition) is 6. The number of amides is 1. The minimum absolute atomic E-state index is 0.0328. The average Bonchev–Trinajstić information content (AvgIpc) is 3.03. The summed E-state index contributed by atoms with van der Waals surface area (Å²) < 4.78 is 13.2. The SMILES string of the molecule is CCCC[C@H]1S/C(=N\N=C/c2cccc([N+](=O)[O-])c2)N(Cc2ccc(F)cc2)C1=O. The van der Waals surface area contributed by atoms with Gasteiger partial charge in [0, 0.05) is 17.7 Å². The van der Waals surface area contributed by atoms with Crippen LogP contribution in [0.3, 0.4) is 0 Å². The van der Waals surface area contributed by atoms with Gasteiger partial charge in [0.15, 0.2) is 5.17 Å². The van der Waals surface area contributed by atoms with Crippen LogP contribution in [-0.2, 0) is 11.3 Å². The second-order valence-electron chi connectivity index (χ2n) is 6.78. The quantitative estimate of drug-likeness (QED) is 0.345. The van der Waals surface area contributed by atoms with Gasteiger partial charge in [0.05, 0.1) is 22.9 Å². The van der Waals surface area contributed by atoms with Crippen molar-refractivity contribution in [2.75, 3.05) is 0 Å². The molecule has 2 aromatic rings. The normalized spacial score (nSPS) is 17.9. The molecule has 0 N–H and O–H groups in total. The van der Waals surface area contributed by atoms with E-state index in [1.165, 1.54) is 42.2 Å². The molecule has 0 spiro atoms. The van der Waals surface area contributed by atoms with Crippen LogP contribution in [0.15, 0.2) is 58.7 Å². The van der Waals surface area contributed by atoms with Crippen LogP contribution in [0, 0.1) is 15.9 Å². The number of amidine groups is 1. The molecule has 0 unspecified atom stereocenters. The van der Waals surface area contributed by atoms with Crippen LogP contribution in [0.25, 0.3) is 0 Å². The molecular formula is C21H21FN4O3S. The van der Waals surface area contributed by atoms with E-state index in [1.54, 1.807) is 29.2 Å². The lowest BCUT2D eigenvalue weighted by atomic mass is 10.1. The summed E-state index contributed by atoms with van der Waals surface area (Å²) in [5.74, 6) is -0.376. The van der Waals surface area contributed by atoms with Crippen molar-refractivity contribution in [2.45, 2.75) is 38.0 Å². The first kappa shape index (κ1) is 21.6. The Morgan fingerprint density at radius 1 is 1.27 bits per heavy atom. The molecule has 30 heavy (non-hydrogen) atoms. The van der Waals surface area contributed by atoms with Crippen LogP contribution >= 0.6 is 11.8 Å². The first-order chi connectivity index (χ1) is 14.5. The van der Waals surface area contributed by atoms with Crippen molar-refractivity contribution in [3.63, 3.8) is 0 Å². The van der Waals surface area contributed by atoms with E-state index in [2.05, 4.69) is 17.1 Å². The molecule has 7 nitrogen and oxygen atoms in total. The third-order valence-corrected chi connectivity index (χ3v) is 5.76. The van der Waals surface area contributed by atoms with Gasteiger partial charge in [-0.25, -0.2) is 4.39 Å². The van der Waals surface area contributed by atoms with Gasteiger partial charge in [-0.2, -0.15) is 5.10 Å². The van der Waals surface area contributed by atoms with Crippen molar-refractivity contribution in [1.82, 2.24) is 4.90 Å². The molecule has 1 fully saturated rings. The van der Waals surface area contributed by atoms with Gasteiger partial charge >= 0.3 is 0 Å². The molecule has 0 bridgehead atoms. The highest BCUT2D eigenvalue weighted by atomic mass is 32.2. The summed E-state index contributed by atoms with van der Waals surface area (Å²) in [4.78, 5) is 24.8. The zero-order valence-corrected chi connectivity index (χ0v) is 17.2. The Kier molecular flexibility index (Phi) is 7.29. The van der Waals surface area contributed by atoms with Gasteiger partial charge in [-0.05, 0) is 24.1 Å². The van der Waals surface area contributed by atoms with Crippen molar-refractivity contribution >= 4 is 34.7 Å². The molecule has 1 heterocycles. The van der Waals surface area contributed by atoms with Gasteiger partial charge in [-0.3, -0.25) is 19.8 Å². The van der Waals surface area contributed by atoms with Gasteiger partial charge in [0.1, 0.15) is 5.82 Å². The number of nitrogens with zero attached hydrogens (tertiary/aromatic N) is 4. The summed E-state index contributed by atoms with van der Waals surface area (Å²) in [6.07, 6.45) is 4.08. The fourth-order valence-electron chi connectivity index (χ4n) is 2.94. The minimum Gasteiger partial charge on any atom is -0.284 e. The van der Waals surface area contributed by atoms with Crippen LogP contribution in [0.5, 0.6) is 0 Å². The lowest BCUT2D eigenvalue weighted by molar-refractivity contribution is -0.384. The summed E-state index contributed by atoms with van der Waals surface area (Å²) in [7, 11) is 0. The van der Waals surface area contributed by atoms with Gasteiger partial charge in [0.25, 0.3) is 5.69 Å². The number of halogens is 1. The number of rotatable bonds is 8. The number of unbranched alkanes of at least 4 members (excludes halogenated alkanes) is 1. The number of hydrogen-bond donors (Lipinski definition) is 0. The molecule has 1 aliphatic heterocycles. The maximum Gasteiger partial charge on any atom is 0.270 e. The summed E-state index contributed by atoms with van der Waals surface area (Å²) in [5.41, 5.74) is 1.29. The monoisotopic (exact) mass is 428 g/mol. The molecule has 3 rings (SSSR count). The van der Waals surface area contributed by atoms with E-state index in [0.717, 1.165) is 24.8 Å². The topological polar surface area (TPSA) is 88.2 Å². The summed E-state index contributed by atoms with van der Waals surface area (Å²) in [6.45, 7) is 2.35. The average molecular weight is 428 g/mol. The molecule has 1 saturated heterocycles. The number of nitro benzene ring substituents is 1. The van der Waals surface area contributed by atoms with E-state index in [0.29, 0.717) is 10.7 Å². The van der Waals surface area contributed by atoms with E-state index in [9.17, 15) is 19.3 Å². The molecule has 0 aromatic heterocycles. The van der Waals surface area contributed by atoms with Crippen molar-refractivity contribution in [3.05, 3.63) is 75.6 Å². The van der Waals surface area contributed by atoms with Gasteiger partial charge in [-0.15, -0.1) is 5.10 Å². The van der Waals surface area contributed by atoms with Crippen LogP contribution in [0.2, 0.25) is 0 Å². The second kappa shape index (κ2) is 10.1. The van der Waals surface area contributed by atoms with E-state index >= 15 is 0 Å². The Hall–Kier alpha value is -3.07. The van der Waals surface area contributed by atoms with E-state index in [-0.39, 0.29) is 29.2 Å². The molecule has 0 radical (unpaired) electrons. The number of nitro groups is 1. The van der Waals surface area contributed by atoms with E-state index in [1.807, 2.05) is 0 Å². The Labute approximate surface area is 177 Å². The Balaban J connectivity index is 1.80. The Morgan fingerprint density at radius 3 is 2.73 bits per heavy atom.